The number of hydrogen-bond acceptors (Lipinski definition) is 2. The number of ether oxygens (including phenoxy) is 1. The van der Waals surface area contributed by atoms with Crippen molar-refractivity contribution in [1.82, 2.24) is 5.32 Å². The molecular formula is C14H18ClNO2. The maximum atomic E-state index is 12.1. The van der Waals surface area contributed by atoms with Crippen LogP contribution in [-0.2, 0) is 9.53 Å². The Morgan fingerprint density at radius 3 is 2.61 bits per heavy atom. The lowest BCUT2D eigenvalue weighted by Gasteiger charge is -2.24. The van der Waals surface area contributed by atoms with E-state index in [1.807, 2.05) is 30.3 Å². The lowest BCUT2D eigenvalue weighted by Crippen LogP contribution is -2.37. The second-order valence-corrected chi connectivity index (χ2v) is 4.82. The van der Waals surface area contributed by atoms with E-state index in [-0.39, 0.29) is 17.9 Å². The van der Waals surface area contributed by atoms with E-state index in [0.29, 0.717) is 19.1 Å². The summed E-state index contributed by atoms with van der Waals surface area (Å²) in [5.41, 5.74) is 1.05. The first-order valence-corrected chi connectivity index (χ1v) is 6.83. The smallest absolute Gasteiger partial charge is 0.223 e. The summed E-state index contributed by atoms with van der Waals surface area (Å²) in [5.74, 6) is 0.542. The number of alkyl halides is 1. The first kappa shape index (κ1) is 13.4. The SMILES string of the molecule is O=C(NC(CCl)c1ccccc1)C1CCOCC1. The topological polar surface area (TPSA) is 38.3 Å². The Morgan fingerprint density at radius 2 is 2.00 bits per heavy atom. The molecule has 0 aromatic heterocycles. The molecule has 1 N–H and O–H groups in total. The van der Waals surface area contributed by atoms with Gasteiger partial charge in [0.25, 0.3) is 0 Å². The Kier molecular flexibility index (Phi) is 5.02. The van der Waals surface area contributed by atoms with E-state index in [4.69, 9.17) is 16.3 Å². The van der Waals surface area contributed by atoms with Crippen molar-refractivity contribution in [1.29, 1.82) is 0 Å². The lowest BCUT2D eigenvalue weighted by molar-refractivity contribution is -0.128. The molecule has 1 amide bonds. The van der Waals surface area contributed by atoms with Crippen LogP contribution in [0.2, 0.25) is 0 Å². The van der Waals surface area contributed by atoms with Crippen molar-refractivity contribution in [2.45, 2.75) is 18.9 Å². The van der Waals surface area contributed by atoms with Crippen molar-refractivity contribution >= 4 is 17.5 Å². The van der Waals surface area contributed by atoms with Crippen LogP contribution < -0.4 is 5.32 Å². The summed E-state index contributed by atoms with van der Waals surface area (Å²) in [6, 6.07) is 9.72. The van der Waals surface area contributed by atoms with Gasteiger partial charge >= 0.3 is 0 Å². The first-order valence-electron chi connectivity index (χ1n) is 6.30. The fourth-order valence-corrected chi connectivity index (χ4v) is 2.40. The average Bonchev–Trinajstić information content (AvgIpc) is 2.46. The van der Waals surface area contributed by atoms with Crippen LogP contribution in [-0.4, -0.2) is 25.0 Å². The summed E-state index contributed by atoms with van der Waals surface area (Å²) in [5, 5.41) is 3.03. The molecule has 1 atom stereocenters. The monoisotopic (exact) mass is 267 g/mol. The van der Waals surface area contributed by atoms with Crippen molar-refractivity contribution in [3.8, 4) is 0 Å². The fourth-order valence-electron chi connectivity index (χ4n) is 2.15. The molecule has 1 aliphatic heterocycles. The van der Waals surface area contributed by atoms with Crippen LogP contribution in [0.5, 0.6) is 0 Å². The zero-order chi connectivity index (χ0) is 12.8. The molecule has 0 saturated carbocycles. The average molecular weight is 268 g/mol. The molecule has 1 unspecified atom stereocenters. The van der Waals surface area contributed by atoms with Crippen LogP contribution in [0.25, 0.3) is 0 Å². The number of hydrogen-bond donors (Lipinski definition) is 1. The molecular weight excluding hydrogens is 250 g/mol. The van der Waals surface area contributed by atoms with Gasteiger partial charge in [0.2, 0.25) is 5.91 Å². The van der Waals surface area contributed by atoms with Gasteiger partial charge in [0.15, 0.2) is 0 Å². The number of amides is 1. The Balaban J connectivity index is 1.95. The molecule has 2 rings (SSSR count). The third-order valence-corrected chi connectivity index (χ3v) is 3.57. The summed E-state index contributed by atoms with van der Waals surface area (Å²) in [6.45, 7) is 1.35. The van der Waals surface area contributed by atoms with E-state index in [1.165, 1.54) is 0 Å². The molecule has 1 aliphatic rings. The minimum Gasteiger partial charge on any atom is -0.381 e. The van der Waals surface area contributed by atoms with Crippen LogP contribution in [0, 0.1) is 5.92 Å². The maximum absolute atomic E-state index is 12.1. The summed E-state index contributed by atoms with van der Waals surface area (Å²) in [6.07, 6.45) is 1.60. The second-order valence-electron chi connectivity index (χ2n) is 4.51. The van der Waals surface area contributed by atoms with E-state index in [9.17, 15) is 4.79 Å². The van der Waals surface area contributed by atoms with Gasteiger partial charge < -0.3 is 10.1 Å². The molecule has 1 aromatic rings. The number of halogens is 1. The van der Waals surface area contributed by atoms with E-state index in [0.717, 1.165) is 18.4 Å². The largest absolute Gasteiger partial charge is 0.381 e. The number of carbonyl (C=O) groups excluding carboxylic acids is 1. The normalized spacial score (nSPS) is 18.3. The van der Waals surface area contributed by atoms with Gasteiger partial charge in [0.05, 0.1) is 6.04 Å². The van der Waals surface area contributed by atoms with Gasteiger partial charge in [-0.3, -0.25) is 4.79 Å². The van der Waals surface area contributed by atoms with Crippen molar-refractivity contribution in [2.75, 3.05) is 19.1 Å². The maximum Gasteiger partial charge on any atom is 0.223 e. The molecule has 1 fully saturated rings. The van der Waals surface area contributed by atoms with Crippen LogP contribution in [0.1, 0.15) is 24.4 Å². The first-order chi connectivity index (χ1) is 8.81. The molecule has 98 valence electrons. The fraction of sp³-hybridized carbons (Fsp3) is 0.500. The van der Waals surface area contributed by atoms with Crippen molar-refractivity contribution in [2.24, 2.45) is 5.92 Å². The van der Waals surface area contributed by atoms with Gasteiger partial charge in [-0.15, -0.1) is 11.6 Å². The highest BCUT2D eigenvalue weighted by Crippen LogP contribution is 2.19. The van der Waals surface area contributed by atoms with Gasteiger partial charge in [-0.2, -0.15) is 0 Å². The summed E-state index contributed by atoms with van der Waals surface area (Å²) < 4.78 is 5.26. The Hall–Kier alpha value is -1.06. The van der Waals surface area contributed by atoms with Crippen molar-refractivity contribution in [3.63, 3.8) is 0 Å². The van der Waals surface area contributed by atoms with Crippen LogP contribution in [0.4, 0.5) is 0 Å². The molecule has 4 heteroatoms. The molecule has 1 heterocycles. The molecule has 0 radical (unpaired) electrons. The highest BCUT2D eigenvalue weighted by atomic mass is 35.5. The molecule has 0 bridgehead atoms. The van der Waals surface area contributed by atoms with Gasteiger partial charge in [-0.25, -0.2) is 0 Å². The highest BCUT2D eigenvalue weighted by molar-refractivity contribution is 6.18. The lowest BCUT2D eigenvalue weighted by atomic mass is 9.98. The van der Waals surface area contributed by atoms with E-state index in [2.05, 4.69) is 5.32 Å². The van der Waals surface area contributed by atoms with Crippen LogP contribution >= 0.6 is 11.6 Å². The number of rotatable bonds is 4. The quantitative estimate of drug-likeness (QED) is 0.852. The molecule has 0 aliphatic carbocycles. The van der Waals surface area contributed by atoms with Crippen LogP contribution in [0.15, 0.2) is 30.3 Å². The molecule has 1 saturated heterocycles. The molecule has 0 spiro atoms. The summed E-state index contributed by atoms with van der Waals surface area (Å²) >= 11 is 5.95. The minimum atomic E-state index is -0.108. The third-order valence-electron chi connectivity index (χ3n) is 3.26. The van der Waals surface area contributed by atoms with Gasteiger partial charge in [-0.1, -0.05) is 30.3 Å². The minimum absolute atomic E-state index is 0.0631. The zero-order valence-electron chi connectivity index (χ0n) is 10.3. The van der Waals surface area contributed by atoms with Gasteiger partial charge in [-0.05, 0) is 18.4 Å². The number of nitrogens with one attached hydrogen (secondary N) is 1. The predicted molar refractivity (Wildman–Crippen MR) is 71.6 cm³/mol. The van der Waals surface area contributed by atoms with Gasteiger partial charge in [0.1, 0.15) is 0 Å². The molecule has 18 heavy (non-hydrogen) atoms. The number of benzene rings is 1. The van der Waals surface area contributed by atoms with E-state index in [1.54, 1.807) is 0 Å². The molecule has 3 nitrogen and oxygen atoms in total. The summed E-state index contributed by atoms with van der Waals surface area (Å²) in [4.78, 5) is 12.1. The van der Waals surface area contributed by atoms with Crippen molar-refractivity contribution < 1.29 is 9.53 Å². The van der Waals surface area contributed by atoms with Gasteiger partial charge in [0, 0.05) is 25.0 Å². The zero-order valence-corrected chi connectivity index (χ0v) is 11.0. The predicted octanol–water partition coefficient (Wildman–Crippen LogP) is 2.51. The van der Waals surface area contributed by atoms with Crippen molar-refractivity contribution in [3.05, 3.63) is 35.9 Å². The third kappa shape index (κ3) is 3.47. The highest BCUT2D eigenvalue weighted by Gasteiger charge is 2.23. The van der Waals surface area contributed by atoms with E-state index < -0.39 is 0 Å². The standard InChI is InChI=1S/C14H18ClNO2/c15-10-13(11-4-2-1-3-5-11)16-14(17)12-6-8-18-9-7-12/h1-5,12-13H,6-10H2,(H,16,17). The Bertz CT molecular complexity index is 377. The number of carbonyl (C=O) groups is 1. The van der Waals surface area contributed by atoms with E-state index >= 15 is 0 Å². The Morgan fingerprint density at radius 1 is 1.33 bits per heavy atom. The molecule has 1 aromatic carbocycles. The second kappa shape index (κ2) is 6.76. The Labute approximate surface area is 112 Å². The van der Waals surface area contributed by atoms with Crippen LogP contribution in [0.3, 0.4) is 0 Å². The summed E-state index contributed by atoms with van der Waals surface area (Å²) in [7, 11) is 0.